The molecule has 0 spiro atoms. The lowest BCUT2D eigenvalue weighted by atomic mass is 9.85. The molecule has 1 aromatic carbocycles. The number of nitrogens with two attached hydrogens (primary N) is 2. The van der Waals surface area contributed by atoms with Crippen LogP contribution in [-0.4, -0.2) is 159 Å². The van der Waals surface area contributed by atoms with Crippen molar-refractivity contribution in [1.29, 1.82) is 5.41 Å². The Balaban J connectivity index is 0.00000216. The number of carboxylic acid groups (broad SMARTS) is 2. The van der Waals surface area contributed by atoms with E-state index in [4.69, 9.17) is 26.8 Å². The average Bonchev–Trinajstić information content (AvgIpc) is 3.89. The lowest BCUT2D eigenvalue weighted by Crippen LogP contribution is -2.61. The summed E-state index contributed by atoms with van der Waals surface area (Å²) >= 11 is 0. The molecule has 0 saturated carbocycles. The molecule has 24 heteroatoms. The number of alkyl halides is 3. The maximum atomic E-state index is 14.3. The number of rotatable bonds is 23. The van der Waals surface area contributed by atoms with E-state index in [1.54, 1.807) is 39.8 Å². The Kier molecular flexibility index (Phi) is 23.0. The first-order chi connectivity index (χ1) is 32.1. The minimum atomic E-state index is -5.08. The van der Waals surface area contributed by atoms with Gasteiger partial charge in [0, 0.05) is 51.6 Å². The lowest BCUT2D eigenvalue weighted by molar-refractivity contribution is -0.192. The topological polar surface area (TPSA) is 326 Å². The van der Waals surface area contributed by atoms with Gasteiger partial charge in [-0.3, -0.25) is 34.4 Å². The van der Waals surface area contributed by atoms with E-state index in [0.29, 0.717) is 43.8 Å². The molecule has 69 heavy (non-hydrogen) atoms. The quantitative estimate of drug-likeness (QED) is 0.0424. The van der Waals surface area contributed by atoms with Crippen molar-refractivity contribution in [3.05, 3.63) is 29.8 Å². The fraction of sp³-hybridized carbons (Fsp3) is 0.667. The van der Waals surface area contributed by atoms with Crippen molar-refractivity contribution in [2.75, 3.05) is 39.3 Å². The van der Waals surface area contributed by atoms with Crippen molar-refractivity contribution >= 4 is 53.4 Å². The Morgan fingerprint density at radius 2 is 1.42 bits per heavy atom. The second kappa shape index (κ2) is 27.0. The Morgan fingerprint density at radius 3 is 1.94 bits per heavy atom. The summed E-state index contributed by atoms with van der Waals surface area (Å²) in [6.07, 6.45) is -2.42. The normalized spacial score (nSPS) is 17.1. The zero-order chi connectivity index (χ0) is 52.4. The third kappa shape index (κ3) is 19.6. The number of halogens is 3. The molecule has 6 atom stereocenters. The molecule has 5 amide bonds. The zero-order valence-corrected chi connectivity index (χ0v) is 40.5. The molecule has 0 aromatic heterocycles. The van der Waals surface area contributed by atoms with Crippen molar-refractivity contribution in [3.8, 4) is 5.75 Å². The van der Waals surface area contributed by atoms with Gasteiger partial charge in [0.05, 0.1) is 0 Å². The summed E-state index contributed by atoms with van der Waals surface area (Å²) in [6, 6.07) is 0.461. The molecular formula is C45H72F3N11O10. The second-order valence-electron chi connectivity index (χ2n) is 18.7. The number of likely N-dealkylation sites (tertiary alicyclic amines) is 1. The largest absolute Gasteiger partial charge is 0.508 e. The Hall–Kier alpha value is -6.36. The molecule has 1 aromatic rings. The molecule has 2 aliphatic rings. The van der Waals surface area contributed by atoms with Gasteiger partial charge in [-0.15, -0.1) is 0 Å². The summed E-state index contributed by atoms with van der Waals surface area (Å²) in [7, 11) is 0. The summed E-state index contributed by atoms with van der Waals surface area (Å²) in [5.74, 6) is -6.86. The first-order valence-electron chi connectivity index (χ1n) is 23.0. The fourth-order valence-electron chi connectivity index (χ4n) is 7.69. The maximum absolute atomic E-state index is 14.3. The monoisotopic (exact) mass is 984 g/mol. The van der Waals surface area contributed by atoms with Crippen LogP contribution in [0.25, 0.3) is 0 Å². The number of aliphatic carboxylic acids is 2. The molecule has 2 aliphatic heterocycles. The number of guanidine groups is 2. The molecule has 0 aliphatic carbocycles. The number of phenolic OH excluding ortho intramolecular Hbond substituents is 1. The van der Waals surface area contributed by atoms with E-state index < -0.39 is 83.3 Å². The van der Waals surface area contributed by atoms with Gasteiger partial charge in [-0.2, -0.15) is 13.2 Å². The number of nitrogens with one attached hydrogen (secondary N) is 5. The number of aliphatic imine (C=N–C) groups is 1. The van der Waals surface area contributed by atoms with Gasteiger partial charge < -0.3 is 62.8 Å². The highest BCUT2D eigenvalue weighted by Crippen LogP contribution is 2.24. The van der Waals surface area contributed by atoms with Crippen molar-refractivity contribution in [2.45, 2.75) is 136 Å². The van der Waals surface area contributed by atoms with E-state index in [-0.39, 0.29) is 62.3 Å². The van der Waals surface area contributed by atoms with Gasteiger partial charge in [-0.1, -0.05) is 53.7 Å². The number of hydrogen-bond acceptors (Lipinski definition) is 10. The van der Waals surface area contributed by atoms with Gasteiger partial charge in [0.15, 0.2) is 11.9 Å². The van der Waals surface area contributed by atoms with Crippen LogP contribution >= 0.6 is 0 Å². The number of hydrogen-bond donors (Lipinski definition) is 10. The molecule has 388 valence electrons. The van der Waals surface area contributed by atoms with Gasteiger partial charge in [0.25, 0.3) is 0 Å². The Morgan fingerprint density at radius 1 is 0.826 bits per heavy atom. The predicted octanol–water partition coefficient (Wildman–Crippen LogP) is 1.72. The minimum absolute atomic E-state index is 0.000909. The third-order valence-corrected chi connectivity index (χ3v) is 11.5. The zero-order valence-electron chi connectivity index (χ0n) is 40.5. The lowest BCUT2D eigenvalue weighted by Gasteiger charge is -2.33. The van der Waals surface area contributed by atoms with Crippen molar-refractivity contribution in [3.63, 3.8) is 0 Å². The third-order valence-electron chi connectivity index (χ3n) is 11.5. The summed E-state index contributed by atoms with van der Waals surface area (Å²) in [5, 5.41) is 46.2. The average molecular weight is 984 g/mol. The Bertz CT molecular complexity index is 1960. The number of carbonyl (C=O) groups is 7. The number of phenols is 1. The standard InChI is InChI=1S/C43H71N11O8.C2HF3O2/c1-8-52-22-23-53(42(52)46)20-10-12-27(4)35(56)48-30(13-9-19-47-41(44)45)39(60)54-21-11-14-33(54)37(58)49-31(25-28-15-17-29(55)18-16-28)36(57)51-34(43(5,6)7)38(59)50-32(40(61)62)24-26(2)3;3-2(4,5)1(6)7/h15-18,26-27,30-34,46,55H,8-14,19-25H2,1-7H3,(H,48,56)(H,49,58)(H,50,59)(H,51,57)(H,61,62)(H4,44,45,47);(H,6,7)/t27-,30-,31-,32-,33-,34+;/m0./s1. The van der Waals surface area contributed by atoms with Crippen LogP contribution in [0.15, 0.2) is 29.3 Å². The van der Waals surface area contributed by atoms with E-state index in [0.717, 1.165) is 19.6 Å². The second-order valence-corrected chi connectivity index (χ2v) is 18.7. The smallest absolute Gasteiger partial charge is 0.490 e. The highest BCUT2D eigenvalue weighted by molar-refractivity contribution is 5.97. The molecule has 2 saturated heterocycles. The summed E-state index contributed by atoms with van der Waals surface area (Å²) < 4.78 is 31.7. The van der Waals surface area contributed by atoms with E-state index in [1.807, 2.05) is 30.6 Å². The number of nitrogens with zero attached hydrogens (tertiary/aromatic N) is 4. The van der Waals surface area contributed by atoms with Crippen LogP contribution in [0.1, 0.15) is 99.0 Å². The summed E-state index contributed by atoms with van der Waals surface area (Å²) in [6.45, 7) is 16.0. The number of carbonyl (C=O) groups excluding carboxylic acids is 5. The van der Waals surface area contributed by atoms with Gasteiger partial charge in [0.1, 0.15) is 36.0 Å². The van der Waals surface area contributed by atoms with Crippen LogP contribution in [-0.2, 0) is 40.0 Å². The molecule has 3 rings (SSSR count). The van der Waals surface area contributed by atoms with Gasteiger partial charge >= 0.3 is 18.1 Å². The molecule has 2 heterocycles. The SMILES string of the molecule is CCN1CCN(CCC[C@H](C)C(=O)N[C@@H](CCCN=C(N)N)C(=O)N2CCC[C@H]2C(=O)N[C@@H](Cc2ccc(O)cc2)C(=O)N[C@H](C(=O)N[C@@H](CC(C)C)C(=O)O)C(C)(C)C)C1=N.O=C(O)C(F)(F)F. The van der Waals surface area contributed by atoms with Crippen LogP contribution in [0.2, 0.25) is 0 Å². The van der Waals surface area contributed by atoms with Crippen molar-refractivity contribution < 1.29 is 62.1 Å². The first kappa shape index (κ1) is 58.8. The molecular weight excluding hydrogens is 912 g/mol. The number of amides is 5. The number of aromatic hydroxyl groups is 1. The summed E-state index contributed by atoms with van der Waals surface area (Å²) in [4.78, 5) is 100. The van der Waals surface area contributed by atoms with Crippen LogP contribution in [0.3, 0.4) is 0 Å². The van der Waals surface area contributed by atoms with Crippen molar-refractivity contribution in [1.82, 2.24) is 36.0 Å². The maximum Gasteiger partial charge on any atom is 0.490 e. The van der Waals surface area contributed by atoms with Crippen molar-refractivity contribution in [2.24, 2.45) is 33.7 Å². The molecule has 0 bridgehead atoms. The highest BCUT2D eigenvalue weighted by Gasteiger charge is 2.41. The summed E-state index contributed by atoms with van der Waals surface area (Å²) in [5.41, 5.74) is 10.7. The fourth-order valence-corrected chi connectivity index (χ4v) is 7.69. The predicted molar refractivity (Wildman–Crippen MR) is 249 cm³/mol. The number of carboxylic acids is 2. The van der Waals surface area contributed by atoms with Crippen LogP contribution < -0.4 is 32.7 Å². The molecule has 0 unspecified atom stereocenters. The molecule has 2 fully saturated rings. The number of likely N-dealkylation sites (N-methyl/N-ethyl adjacent to an activating group) is 1. The van der Waals surface area contributed by atoms with E-state index in [9.17, 15) is 52.2 Å². The molecule has 0 radical (unpaired) electrons. The van der Waals surface area contributed by atoms with Gasteiger partial charge in [-0.05, 0) is 80.9 Å². The number of benzene rings is 1. The van der Waals surface area contributed by atoms with E-state index in [2.05, 4.69) is 26.3 Å². The Labute approximate surface area is 400 Å². The first-order valence-corrected chi connectivity index (χ1v) is 23.0. The van der Waals surface area contributed by atoms with Crippen LogP contribution in [0, 0.1) is 22.7 Å². The van der Waals surface area contributed by atoms with Crippen LogP contribution in [0.4, 0.5) is 13.2 Å². The minimum Gasteiger partial charge on any atom is -0.508 e. The highest BCUT2D eigenvalue weighted by atomic mass is 19.4. The molecule has 12 N–H and O–H groups in total. The molecule has 21 nitrogen and oxygen atoms in total. The van der Waals surface area contributed by atoms with Gasteiger partial charge in [-0.25, -0.2) is 9.59 Å². The van der Waals surface area contributed by atoms with E-state index in [1.165, 1.54) is 17.0 Å². The van der Waals surface area contributed by atoms with E-state index >= 15 is 0 Å². The van der Waals surface area contributed by atoms with Gasteiger partial charge in [0.2, 0.25) is 29.5 Å². The van der Waals surface area contributed by atoms with Crippen LogP contribution in [0.5, 0.6) is 5.75 Å².